The smallest absolute Gasteiger partial charge is 0.387 e. The molecule has 124 valence electrons. The second kappa shape index (κ2) is 5.93. The number of aromatic nitrogens is 2. The number of carbonyl (C=O) groups excluding carboxylic acids is 1. The molecule has 1 amide bonds. The van der Waals surface area contributed by atoms with Gasteiger partial charge in [-0.3, -0.25) is 13.9 Å². The van der Waals surface area contributed by atoms with E-state index < -0.39 is 44.9 Å². The number of nitrogens with two attached hydrogens (primary N) is 2. The van der Waals surface area contributed by atoms with Gasteiger partial charge in [-0.15, -0.1) is 0 Å². The van der Waals surface area contributed by atoms with Gasteiger partial charge in [-0.1, -0.05) is 0 Å². The Morgan fingerprint density at radius 1 is 1.45 bits per heavy atom. The van der Waals surface area contributed by atoms with E-state index in [1.807, 2.05) is 0 Å². The summed E-state index contributed by atoms with van der Waals surface area (Å²) in [6.45, 7) is -0.656. The monoisotopic (exact) mass is 338 g/mol. The standard InChI is InChI=1S/C9H15N4O8P/c10-7-4(8(11)16)12-2-13(7)9-6(15)5(14)3(21-9)1-20-22(17,18)19/h2-3,5-6,9,14-15H,1,10H2,(H2,11,16)(H2,17,18,19)/t3-,5-,6-,9?/m1/s1. The first kappa shape index (κ1) is 16.8. The van der Waals surface area contributed by atoms with Crippen LogP contribution in [0.1, 0.15) is 16.7 Å². The van der Waals surface area contributed by atoms with E-state index in [4.69, 9.17) is 26.0 Å². The molecule has 4 atom stereocenters. The predicted octanol–water partition coefficient (Wildman–Crippen LogP) is -2.71. The number of carbonyl (C=O) groups is 1. The molecule has 0 radical (unpaired) electrons. The molecule has 22 heavy (non-hydrogen) atoms. The Bertz CT molecular complexity index is 615. The first-order valence-electron chi connectivity index (χ1n) is 5.95. The molecule has 1 aromatic rings. The fraction of sp³-hybridized carbons (Fsp3) is 0.556. The number of aliphatic hydroxyl groups excluding tert-OH is 2. The third kappa shape index (κ3) is 3.28. The fourth-order valence-corrected chi connectivity index (χ4v) is 2.37. The quantitative estimate of drug-likeness (QED) is 0.306. The second-order valence-corrected chi connectivity index (χ2v) is 5.82. The summed E-state index contributed by atoms with van der Waals surface area (Å²) in [6.07, 6.45) is -4.33. The van der Waals surface area contributed by atoms with Crippen molar-refractivity contribution >= 4 is 19.5 Å². The molecule has 0 saturated carbocycles. The largest absolute Gasteiger partial charge is 0.469 e. The molecule has 1 fully saturated rings. The first-order valence-corrected chi connectivity index (χ1v) is 7.48. The molecule has 0 bridgehead atoms. The van der Waals surface area contributed by atoms with E-state index in [-0.39, 0.29) is 11.5 Å². The number of phosphoric ester groups is 1. The molecule has 1 unspecified atom stereocenters. The minimum absolute atomic E-state index is 0.180. The Labute approximate surface area is 123 Å². The molecule has 1 aromatic heterocycles. The molecule has 1 saturated heterocycles. The molecule has 12 nitrogen and oxygen atoms in total. The summed E-state index contributed by atoms with van der Waals surface area (Å²) >= 11 is 0. The molecule has 1 aliphatic heterocycles. The van der Waals surface area contributed by atoms with E-state index in [0.717, 1.165) is 10.9 Å². The van der Waals surface area contributed by atoms with Crippen molar-refractivity contribution in [2.45, 2.75) is 24.5 Å². The van der Waals surface area contributed by atoms with Crippen molar-refractivity contribution < 1.29 is 38.6 Å². The van der Waals surface area contributed by atoms with Crippen molar-refractivity contribution in [3.8, 4) is 0 Å². The zero-order chi connectivity index (χ0) is 16.7. The summed E-state index contributed by atoms with van der Waals surface area (Å²) in [5.74, 6) is -1.06. The minimum atomic E-state index is -4.75. The summed E-state index contributed by atoms with van der Waals surface area (Å²) in [4.78, 5) is 32.0. The van der Waals surface area contributed by atoms with Crippen LogP contribution in [-0.2, 0) is 13.8 Å². The van der Waals surface area contributed by atoms with Crippen LogP contribution >= 0.6 is 7.82 Å². The van der Waals surface area contributed by atoms with Crippen LogP contribution in [0.15, 0.2) is 6.33 Å². The number of rotatable bonds is 5. The Balaban J connectivity index is 2.16. The highest BCUT2D eigenvalue weighted by molar-refractivity contribution is 7.46. The second-order valence-electron chi connectivity index (χ2n) is 4.58. The maximum Gasteiger partial charge on any atom is 0.469 e. The average Bonchev–Trinajstić information content (AvgIpc) is 2.90. The SMILES string of the molecule is NC(=O)c1ncn(C2O[C@H](COP(=O)(O)O)[C@@H](O)[C@H]2O)c1N. The molecular weight excluding hydrogens is 323 g/mol. The number of amides is 1. The molecule has 1 aliphatic rings. The van der Waals surface area contributed by atoms with Gasteiger partial charge in [0.15, 0.2) is 11.9 Å². The summed E-state index contributed by atoms with van der Waals surface area (Å²) in [7, 11) is -4.75. The van der Waals surface area contributed by atoms with Crippen molar-refractivity contribution in [2.24, 2.45) is 5.73 Å². The lowest BCUT2D eigenvalue weighted by molar-refractivity contribution is -0.0510. The number of phosphoric acid groups is 1. The van der Waals surface area contributed by atoms with E-state index in [1.165, 1.54) is 0 Å². The van der Waals surface area contributed by atoms with E-state index in [9.17, 15) is 19.6 Å². The molecule has 0 spiro atoms. The Kier molecular flexibility index (Phi) is 4.54. The van der Waals surface area contributed by atoms with Crippen LogP contribution in [0.4, 0.5) is 5.82 Å². The van der Waals surface area contributed by atoms with Gasteiger partial charge in [0, 0.05) is 0 Å². The van der Waals surface area contributed by atoms with Gasteiger partial charge in [-0.05, 0) is 0 Å². The van der Waals surface area contributed by atoms with Crippen molar-refractivity contribution in [3.05, 3.63) is 12.0 Å². The summed E-state index contributed by atoms with van der Waals surface area (Å²) in [5, 5.41) is 19.8. The Morgan fingerprint density at radius 2 is 2.09 bits per heavy atom. The van der Waals surface area contributed by atoms with Gasteiger partial charge in [0.1, 0.15) is 24.1 Å². The average molecular weight is 338 g/mol. The number of nitrogens with zero attached hydrogens (tertiary/aromatic N) is 2. The number of nitrogen functional groups attached to an aromatic ring is 1. The van der Waals surface area contributed by atoms with Crippen molar-refractivity contribution in [1.29, 1.82) is 0 Å². The van der Waals surface area contributed by atoms with Gasteiger partial charge < -0.3 is 36.2 Å². The highest BCUT2D eigenvalue weighted by Crippen LogP contribution is 2.38. The number of aliphatic hydroxyl groups is 2. The zero-order valence-electron chi connectivity index (χ0n) is 11.0. The van der Waals surface area contributed by atoms with Crippen LogP contribution < -0.4 is 11.5 Å². The van der Waals surface area contributed by atoms with E-state index in [1.54, 1.807) is 0 Å². The van der Waals surface area contributed by atoms with Crippen molar-refractivity contribution in [2.75, 3.05) is 12.3 Å². The van der Waals surface area contributed by atoms with Gasteiger partial charge in [-0.2, -0.15) is 0 Å². The number of ether oxygens (including phenoxy) is 1. The van der Waals surface area contributed by atoms with Crippen LogP contribution in [0.5, 0.6) is 0 Å². The lowest BCUT2D eigenvalue weighted by Gasteiger charge is -2.17. The molecule has 2 rings (SSSR count). The van der Waals surface area contributed by atoms with Crippen LogP contribution in [0.25, 0.3) is 0 Å². The van der Waals surface area contributed by atoms with Gasteiger partial charge in [0.05, 0.1) is 12.9 Å². The predicted molar refractivity (Wildman–Crippen MR) is 69.1 cm³/mol. The number of hydrogen-bond donors (Lipinski definition) is 6. The number of hydrogen-bond acceptors (Lipinski definition) is 8. The fourth-order valence-electron chi connectivity index (χ4n) is 2.03. The van der Waals surface area contributed by atoms with Gasteiger partial charge >= 0.3 is 7.82 Å². The third-order valence-corrected chi connectivity index (χ3v) is 3.57. The highest BCUT2D eigenvalue weighted by Gasteiger charge is 2.45. The minimum Gasteiger partial charge on any atom is -0.387 e. The Morgan fingerprint density at radius 3 is 2.59 bits per heavy atom. The van der Waals surface area contributed by atoms with E-state index in [0.29, 0.717) is 0 Å². The van der Waals surface area contributed by atoms with Gasteiger partial charge in [-0.25, -0.2) is 9.55 Å². The number of anilines is 1. The van der Waals surface area contributed by atoms with Gasteiger partial charge in [0.25, 0.3) is 5.91 Å². The van der Waals surface area contributed by atoms with Gasteiger partial charge in [0.2, 0.25) is 0 Å². The van der Waals surface area contributed by atoms with Crippen molar-refractivity contribution in [1.82, 2.24) is 9.55 Å². The first-order chi connectivity index (χ1) is 10.1. The topological polar surface area (TPSA) is 203 Å². The summed E-state index contributed by atoms with van der Waals surface area (Å²) in [5.41, 5.74) is 10.5. The highest BCUT2D eigenvalue weighted by atomic mass is 31.2. The lowest BCUT2D eigenvalue weighted by Crippen LogP contribution is -2.33. The normalized spacial score (nSPS) is 28.9. The number of imidazole rings is 1. The van der Waals surface area contributed by atoms with Crippen molar-refractivity contribution in [3.63, 3.8) is 0 Å². The number of primary amides is 1. The summed E-state index contributed by atoms with van der Waals surface area (Å²) in [6, 6.07) is 0. The molecule has 0 aliphatic carbocycles. The van der Waals surface area contributed by atoms with Crippen LogP contribution in [-0.4, -0.2) is 60.4 Å². The van der Waals surface area contributed by atoms with Crippen LogP contribution in [0.2, 0.25) is 0 Å². The van der Waals surface area contributed by atoms with E-state index in [2.05, 4.69) is 9.51 Å². The zero-order valence-corrected chi connectivity index (χ0v) is 11.9. The molecule has 0 aromatic carbocycles. The molecule has 13 heteroatoms. The molecular formula is C9H15N4O8P. The van der Waals surface area contributed by atoms with Crippen LogP contribution in [0.3, 0.4) is 0 Å². The molecule has 2 heterocycles. The third-order valence-electron chi connectivity index (χ3n) is 3.08. The summed E-state index contributed by atoms with van der Waals surface area (Å²) < 4.78 is 21.2. The maximum atomic E-state index is 11.1. The molecule has 8 N–H and O–H groups in total. The Hall–Kier alpha value is -1.53. The lowest BCUT2D eigenvalue weighted by atomic mass is 10.1. The van der Waals surface area contributed by atoms with Crippen LogP contribution in [0, 0.1) is 0 Å². The maximum absolute atomic E-state index is 11.1. The van der Waals surface area contributed by atoms with E-state index >= 15 is 0 Å².